The Bertz CT molecular complexity index is 682. The number of hydrogen-bond acceptors (Lipinski definition) is 2. The molecule has 1 heterocycles. The maximum Gasteiger partial charge on any atom is 0.0780 e. The fourth-order valence-electron chi connectivity index (χ4n) is 2.34. The van der Waals surface area contributed by atoms with E-state index in [9.17, 15) is 0 Å². The van der Waals surface area contributed by atoms with Crippen LogP contribution < -0.4 is 5.32 Å². The van der Waals surface area contributed by atoms with Gasteiger partial charge in [0, 0.05) is 23.7 Å². The number of para-hydroxylation sites is 1. The standard InChI is InChI=1S/C17H16N2/c1-18-12-13-7-9-14(10-8-13)16-6-2-4-15-5-3-11-19-17(15)16/h2-11,18H,12H2,1H3. The molecule has 0 atom stereocenters. The van der Waals surface area contributed by atoms with Gasteiger partial charge in [-0.25, -0.2) is 0 Å². The molecular formula is C17H16N2. The van der Waals surface area contributed by atoms with Crippen molar-refractivity contribution < 1.29 is 0 Å². The highest BCUT2D eigenvalue weighted by Crippen LogP contribution is 2.27. The Balaban J connectivity index is 2.08. The summed E-state index contributed by atoms with van der Waals surface area (Å²) >= 11 is 0. The number of pyridine rings is 1. The summed E-state index contributed by atoms with van der Waals surface area (Å²) in [7, 11) is 1.96. The van der Waals surface area contributed by atoms with Crippen molar-refractivity contribution in [2.75, 3.05) is 7.05 Å². The molecule has 0 radical (unpaired) electrons. The zero-order chi connectivity index (χ0) is 13.1. The molecule has 0 unspecified atom stereocenters. The molecule has 0 saturated carbocycles. The minimum absolute atomic E-state index is 0.897. The Morgan fingerprint density at radius 3 is 2.53 bits per heavy atom. The first-order valence-corrected chi connectivity index (χ1v) is 6.46. The Labute approximate surface area is 113 Å². The summed E-state index contributed by atoms with van der Waals surface area (Å²) in [6.07, 6.45) is 1.85. The molecule has 0 spiro atoms. The molecule has 0 aliphatic rings. The van der Waals surface area contributed by atoms with E-state index in [0.717, 1.165) is 12.1 Å². The van der Waals surface area contributed by atoms with E-state index in [1.807, 2.05) is 19.3 Å². The molecule has 0 aliphatic heterocycles. The van der Waals surface area contributed by atoms with Gasteiger partial charge in [-0.1, -0.05) is 48.5 Å². The summed E-state index contributed by atoms with van der Waals surface area (Å²) in [5.74, 6) is 0. The number of hydrogen-bond donors (Lipinski definition) is 1. The number of nitrogens with zero attached hydrogens (tertiary/aromatic N) is 1. The van der Waals surface area contributed by atoms with E-state index in [-0.39, 0.29) is 0 Å². The Hall–Kier alpha value is -2.19. The van der Waals surface area contributed by atoms with E-state index in [0.29, 0.717) is 0 Å². The lowest BCUT2D eigenvalue weighted by atomic mass is 10.0. The third kappa shape index (κ3) is 2.35. The third-order valence-electron chi connectivity index (χ3n) is 3.28. The van der Waals surface area contributed by atoms with Gasteiger partial charge in [0.25, 0.3) is 0 Å². The van der Waals surface area contributed by atoms with Crippen LogP contribution in [-0.4, -0.2) is 12.0 Å². The highest BCUT2D eigenvalue weighted by Gasteiger charge is 2.04. The van der Waals surface area contributed by atoms with Gasteiger partial charge in [-0.2, -0.15) is 0 Å². The fraction of sp³-hybridized carbons (Fsp3) is 0.118. The second-order valence-electron chi connectivity index (χ2n) is 4.61. The zero-order valence-electron chi connectivity index (χ0n) is 10.9. The number of rotatable bonds is 3. The molecule has 19 heavy (non-hydrogen) atoms. The summed E-state index contributed by atoms with van der Waals surface area (Å²) in [5.41, 5.74) is 4.75. The summed E-state index contributed by atoms with van der Waals surface area (Å²) in [4.78, 5) is 4.50. The van der Waals surface area contributed by atoms with Gasteiger partial charge in [0.2, 0.25) is 0 Å². The van der Waals surface area contributed by atoms with E-state index in [1.165, 1.54) is 22.1 Å². The van der Waals surface area contributed by atoms with Crippen molar-refractivity contribution in [1.82, 2.24) is 10.3 Å². The average molecular weight is 248 g/mol. The summed E-state index contributed by atoms with van der Waals surface area (Å²) < 4.78 is 0. The first-order chi connectivity index (χ1) is 9.38. The first-order valence-electron chi connectivity index (χ1n) is 6.46. The maximum atomic E-state index is 4.50. The van der Waals surface area contributed by atoms with Crippen molar-refractivity contribution in [1.29, 1.82) is 0 Å². The van der Waals surface area contributed by atoms with Gasteiger partial charge in [-0.05, 0) is 24.2 Å². The van der Waals surface area contributed by atoms with Gasteiger partial charge in [0.1, 0.15) is 0 Å². The molecular weight excluding hydrogens is 232 g/mol. The molecule has 1 N–H and O–H groups in total. The van der Waals surface area contributed by atoms with Gasteiger partial charge in [-0.3, -0.25) is 4.98 Å². The topological polar surface area (TPSA) is 24.9 Å². The molecule has 2 aromatic carbocycles. The molecule has 0 saturated heterocycles. The molecule has 0 bridgehead atoms. The quantitative estimate of drug-likeness (QED) is 0.765. The van der Waals surface area contributed by atoms with Crippen LogP contribution in [0, 0.1) is 0 Å². The molecule has 94 valence electrons. The van der Waals surface area contributed by atoms with Crippen molar-refractivity contribution in [2.24, 2.45) is 0 Å². The van der Waals surface area contributed by atoms with Gasteiger partial charge in [0.05, 0.1) is 5.52 Å². The van der Waals surface area contributed by atoms with E-state index >= 15 is 0 Å². The smallest absolute Gasteiger partial charge is 0.0780 e. The molecule has 1 aromatic heterocycles. The van der Waals surface area contributed by atoms with E-state index in [2.05, 4.69) is 58.8 Å². The summed E-state index contributed by atoms with van der Waals surface area (Å²) in [5, 5.41) is 4.34. The van der Waals surface area contributed by atoms with Crippen molar-refractivity contribution in [3.63, 3.8) is 0 Å². The van der Waals surface area contributed by atoms with Crippen LogP contribution in [0.2, 0.25) is 0 Å². The lowest BCUT2D eigenvalue weighted by molar-refractivity contribution is 0.818. The lowest BCUT2D eigenvalue weighted by Crippen LogP contribution is -2.04. The van der Waals surface area contributed by atoms with E-state index < -0.39 is 0 Å². The summed E-state index contributed by atoms with van der Waals surface area (Å²) in [6, 6.07) is 19.0. The van der Waals surface area contributed by atoms with Crippen LogP contribution >= 0.6 is 0 Å². The third-order valence-corrected chi connectivity index (χ3v) is 3.28. The number of benzene rings is 2. The molecule has 3 aromatic rings. The SMILES string of the molecule is CNCc1ccc(-c2cccc3cccnc23)cc1. The Morgan fingerprint density at radius 1 is 0.947 bits per heavy atom. The van der Waals surface area contributed by atoms with Crippen LogP contribution in [0.1, 0.15) is 5.56 Å². The Kier molecular flexibility index (Phi) is 3.25. The number of aromatic nitrogens is 1. The normalized spacial score (nSPS) is 10.8. The minimum Gasteiger partial charge on any atom is -0.316 e. The van der Waals surface area contributed by atoms with Crippen molar-refractivity contribution in [2.45, 2.75) is 6.54 Å². The van der Waals surface area contributed by atoms with Crippen LogP contribution in [-0.2, 0) is 6.54 Å². The minimum atomic E-state index is 0.897. The van der Waals surface area contributed by atoms with Gasteiger partial charge in [-0.15, -0.1) is 0 Å². The maximum absolute atomic E-state index is 4.50. The monoisotopic (exact) mass is 248 g/mol. The predicted octanol–water partition coefficient (Wildman–Crippen LogP) is 3.62. The average Bonchev–Trinajstić information content (AvgIpc) is 2.48. The van der Waals surface area contributed by atoms with Crippen molar-refractivity contribution in [3.8, 4) is 11.1 Å². The van der Waals surface area contributed by atoms with Gasteiger partial charge < -0.3 is 5.32 Å². The first kappa shape index (κ1) is 11.9. The lowest BCUT2D eigenvalue weighted by Gasteiger charge is -2.07. The summed E-state index contributed by atoms with van der Waals surface area (Å²) in [6.45, 7) is 0.897. The van der Waals surface area contributed by atoms with Crippen molar-refractivity contribution >= 4 is 10.9 Å². The van der Waals surface area contributed by atoms with Crippen LogP contribution in [0.15, 0.2) is 60.8 Å². The predicted molar refractivity (Wildman–Crippen MR) is 79.9 cm³/mol. The fourth-order valence-corrected chi connectivity index (χ4v) is 2.34. The second kappa shape index (κ2) is 5.21. The zero-order valence-corrected chi connectivity index (χ0v) is 10.9. The Morgan fingerprint density at radius 2 is 1.74 bits per heavy atom. The molecule has 0 aliphatic carbocycles. The highest BCUT2D eigenvalue weighted by molar-refractivity contribution is 5.93. The molecule has 2 nitrogen and oxygen atoms in total. The van der Waals surface area contributed by atoms with Gasteiger partial charge in [0.15, 0.2) is 0 Å². The highest BCUT2D eigenvalue weighted by atomic mass is 14.8. The molecule has 3 rings (SSSR count). The molecule has 0 fully saturated rings. The number of nitrogens with one attached hydrogen (secondary N) is 1. The largest absolute Gasteiger partial charge is 0.316 e. The van der Waals surface area contributed by atoms with Crippen molar-refractivity contribution in [3.05, 3.63) is 66.4 Å². The van der Waals surface area contributed by atoms with Gasteiger partial charge >= 0.3 is 0 Å². The van der Waals surface area contributed by atoms with Crippen LogP contribution in [0.4, 0.5) is 0 Å². The number of fused-ring (bicyclic) bond motifs is 1. The van der Waals surface area contributed by atoms with Crippen LogP contribution in [0.3, 0.4) is 0 Å². The van der Waals surface area contributed by atoms with E-state index in [4.69, 9.17) is 0 Å². The molecule has 0 amide bonds. The van der Waals surface area contributed by atoms with Crippen LogP contribution in [0.25, 0.3) is 22.0 Å². The van der Waals surface area contributed by atoms with E-state index in [1.54, 1.807) is 0 Å². The second-order valence-corrected chi connectivity index (χ2v) is 4.61. The van der Waals surface area contributed by atoms with Crippen LogP contribution in [0.5, 0.6) is 0 Å². The molecule has 2 heteroatoms.